The van der Waals surface area contributed by atoms with Gasteiger partial charge in [-0.3, -0.25) is 0 Å². The van der Waals surface area contributed by atoms with E-state index in [9.17, 15) is 0 Å². The molecule has 1 unspecified atom stereocenters. The minimum atomic E-state index is 0.00899. The molecule has 0 heterocycles. The first kappa shape index (κ1) is 15.6. The lowest BCUT2D eigenvalue weighted by molar-refractivity contribution is 0.411. The minimum Gasteiger partial charge on any atom is -0.496 e. The molecule has 2 rings (SSSR count). The third-order valence-electron chi connectivity index (χ3n) is 4.11. The summed E-state index contributed by atoms with van der Waals surface area (Å²) >= 11 is 0. The number of benzene rings is 2. The maximum absolute atomic E-state index is 6.42. The number of hydrogen-bond acceptors (Lipinski definition) is 2. The second-order valence-electron chi connectivity index (χ2n) is 5.92. The van der Waals surface area contributed by atoms with Crippen molar-refractivity contribution in [3.05, 3.63) is 63.7 Å². The topological polar surface area (TPSA) is 35.2 Å². The number of methoxy groups -OCH3 is 1. The van der Waals surface area contributed by atoms with Gasteiger partial charge in [-0.25, -0.2) is 0 Å². The number of rotatable bonds is 4. The zero-order valence-corrected chi connectivity index (χ0v) is 13.7. The van der Waals surface area contributed by atoms with Crippen LogP contribution >= 0.6 is 0 Å². The van der Waals surface area contributed by atoms with Gasteiger partial charge in [0.2, 0.25) is 0 Å². The van der Waals surface area contributed by atoms with E-state index in [1.54, 1.807) is 7.11 Å². The van der Waals surface area contributed by atoms with E-state index in [2.05, 4.69) is 52.0 Å². The van der Waals surface area contributed by atoms with Gasteiger partial charge in [0, 0.05) is 6.04 Å². The normalized spacial score (nSPS) is 12.3. The van der Waals surface area contributed by atoms with E-state index >= 15 is 0 Å². The van der Waals surface area contributed by atoms with Crippen LogP contribution in [0, 0.1) is 27.7 Å². The van der Waals surface area contributed by atoms with Crippen molar-refractivity contribution >= 4 is 0 Å². The molecule has 0 aliphatic carbocycles. The van der Waals surface area contributed by atoms with E-state index in [0.717, 1.165) is 23.3 Å². The summed E-state index contributed by atoms with van der Waals surface area (Å²) in [4.78, 5) is 0. The van der Waals surface area contributed by atoms with Crippen molar-refractivity contribution in [3.63, 3.8) is 0 Å². The largest absolute Gasteiger partial charge is 0.496 e. The van der Waals surface area contributed by atoms with E-state index in [1.165, 1.54) is 22.3 Å². The van der Waals surface area contributed by atoms with Crippen LogP contribution in [0.4, 0.5) is 0 Å². The van der Waals surface area contributed by atoms with E-state index in [1.807, 2.05) is 6.07 Å². The van der Waals surface area contributed by atoms with Gasteiger partial charge in [0.15, 0.2) is 0 Å². The number of nitrogens with two attached hydrogens (primary N) is 1. The molecule has 1 atom stereocenters. The molecule has 0 fully saturated rings. The Morgan fingerprint density at radius 1 is 0.952 bits per heavy atom. The molecule has 0 saturated heterocycles. The Morgan fingerprint density at radius 3 is 2.10 bits per heavy atom. The van der Waals surface area contributed by atoms with Gasteiger partial charge in [-0.05, 0) is 68.0 Å². The molecule has 0 aliphatic heterocycles. The smallest absolute Gasteiger partial charge is 0.121 e. The summed E-state index contributed by atoms with van der Waals surface area (Å²) in [6, 6.07) is 10.7. The highest BCUT2D eigenvalue weighted by molar-refractivity contribution is 5.41. The standard InChI is InChI=1S/C19H25NO/c1-12-8-13(2)17(14(3)9-12)11-18(20)16-6-7-19(21-5)15(4)10-16/h6-10,18H,11,20H2,1-5H3. The third kappa shape index (κ3) is 3.45. The van der Waals surface area contributed by atoms with Crippen LogP contribution in [0.25, 0.3) is 0 Å². The summed E-state index contributed by atoms with van der Waals surface area (Å²) in [7, 11) is 1.70. The third-order valence-corrected chi connectivity index (χ3v) is 4.11. The van der Waals surface area contributed by atoms with Crippen LogP contribution in [-0.4, -0.2) is 7.11 Å². The lowest BCUT2D eigenvalue weighted by atomic mass is 9.91. The molecule has 21 heavy (non-hydrogen) atoms. The van der Waals surface area contributed by atoms with Crippen molar-refractivity contribution < 1.29 is 4.74 Å². The van der Waals surface area contributed by atoms with Crippen LogP contribution in [0.5, 0.6) is 5.75 Å². The summed E-state index contributed by atoms with van der Waals surface area (Å²) in [6.07, 6.45) is 0.865. The molecule has 2 nitrogen and oxygen atoms in total. The Labute approximate surface area is 127 Å². The van der Waals surface area contributed by atoms with Gasteiger partial charge < -0.3 is 10.5 Å². The molecular formula is C19H25NO. The van der Waals surface area contributed by atoms with Gasteiger partial charge in [-0.15, -0.1) is 0 Å². The van der Waals surface area contributed by atoms with Crippen molar-refractivity contribution in [2.45, 2.75) is 40.2 Å². The van der Waals surface area contributed by atoms with Crippen LogP contribution in [0.15, 0.2) is 30.3 Å². The maximum atomic E-state index is 6.42. The van der Waals surface area contributed by atoms with Crippen molar-refractivity contribution in [3.8, 4) is 5.75 Å². The molecule has 0 aliphatic rings. The van der Waals surface area contributed by atoms with Crippen LogP contribution in [0.1, 0.15) is 39.4 Å². The Morgan fingerprint density at radius 2 is 1.57 bits per heavy atom. The fourth-order valence-electron chi connectivity index (χ4n) is 3.00. The summed E-state index contributed by atoms with van der Waals surface area (Å²) in [6.45, 7) is 8.52. The van der Waals surface area contributed by atoms with Gasteiger partial charge in [0.1, 0.15) is 5.75 Å². The zero-order chi connectivity index (χ0) is 15.6. The molecule has 0 amide bonds. The van der Waals surface area contributed by atoms with Gasteiger partial charge in [-0.2, -0.15) is 0 Å². The lowest BCUT2D eigenvalue weighted by Gasteiger charge is -2.18. The van der Waals surface area contributed by atoms with Crippen molar-refractivity contribution in [1.29, 1.82) is 0 Å². The molecule has 0 saturated carbocycles. The van der Waals surface area contributed by atoms with Gasteiger partial charge in [0.25, 0.3) is 0 Å². The Balaban J connectivity index is 2.26. The summed E-state index contributed by atoms with van der Waals surface area (Å²) in [5.41, 5.74) is 14.0. The summed E-state index contributed by atoms with van der Waals surface area (Å²) in [5.74, 6) is 0.911. The van der Waals surface area contributed by atoms with Crippen molar-refractivity contribution in [2.24, 2.45) is 5.73 Å². The van der Waals surface area contributed by atoms with E-state index in [0.29, 0.717) is 0 Å². The van der Waals surface area contributed by atoms with Gasteiger partial charge >= 0.3 is 0 Å². The van der Waals surface area contributed by atoms with E-state index in [-0.39, 0.29) is 6.04 Å². The van der Waals surface area contributed by atoms with E-state index < -0.39 is 0 Å². The molecule has 2 aromatic carbocycles. The van der Waals surface area contributed by atoms with E-state index in [4.69, 9.17) is 10.5 Å². The molecule has 2 heteroatoms. The first-order chi connectivity index (χ1) is 9.92. The lowest BCUT2D eigenvalue weighted by Crippen LogP contribution is -2.15. The summed E-state index contributed by atoms with van der Waals surface area (Å²) < 4.78 is 5.31. The molecule has 0 spiro atoms. The average Bonchev–Trinajstić information content (AvgIpc) is 2.42. The number of aryl methyl sites for hydroxylation is 4. The highest BCUT2D eigenvalue weighted by atomic mass is 16.5. The van der Waals surface area contributed by atoms with Crippen LogP contribution < -0.4 is 10.5 Å². The Bertz CT molecular complexity index is 623. The summed E-state index contributed by atoms with van der Waals surface area (Å²) in [5, 5.41) is 0. The van der Waals surface area contributed by atoms with Crippen LogP contribution in [0.3, 0.4) is 0 Å². The molecule has 0 bridgehead atoms. The molecule has 2 aromatic rings. The fraction of sp³-hybridized carbons (Fsp3) is 0.368. The zero-order valence-electron chi connectivity index (χ0n) is 13.7. The molecule has 0 aromatic heterocycles. The average molecular weight is 283 g/mol. The monoisotopic (exact) mass is 283 g/mol. The predicted molar refractivity (Wildman–Crippen MR) is 89.0 cm³/mol. The molecule has 112 valence electrons. The SMILES string of the molecule is COc1ccc(C(N)Cc2c(C)cc(C)cc2C)cc1C. The van der Waals surface area contributed by atoms with Gasteiger partial charge in [-0.1, -0.05) is 29.8 Å². The first-order valence-corrected chi connectivity index (χ1v) is 7.39. The van der Waals surface area contributed by atoms with Crippen molar-refractivity contribution in [1.82, 2.24) is 0 Å². The highest BCUT2D eigenvalue weighted by Gasteiger charge is 2.12. The van der Waals surface area contributed by atoms with Gasteiger partial charge in [0.05, 0.1) is 7.11 Å². The maximum Gasteiger partial charge on any atom is 0.121 e. The Kier molecular flexibility index (Phi) is 4.69. The molecule has 0 radical (unpaired) electrons. The second kappa shape index (κ2) is 6.31. The highest BCUT2D eigenvalue weighted by Crippen LogP contribution is 2.26. The first-order valence-electron chi connectivity index (χ1n) is 7.39. The molecule has 2 N–H and O–H groups in total. The van der Waals surface area contributed by atoms with Crippen LogP contribution in [-0.2, 0) is 6.42 Å². The predicted octanol–water partition coefficient (Wildman–Crippen LogP) is 4.17. The van der Waals surface area contributed by atoms with Crippen molar-refractivity contribution in [2.75, 3.05) is 7.11 Å². The number of ether oxygens (including phenoxy) is 1. The number of hydrogen-bond donors (Lipinski definition) is 1. The van der Waals surface area contributed by atoms with Crippen LogP contribution in [0.2, 0.25) is 0 Å². The fourth-order valence-corrected chi connectivity index (χ4v) is 3.00. The Hall–Kier alpha value is -1.80. The quantitative estimate of drug-likeness (QED) is 0.914. The molecular weight excluding hydrogens is 258 g/mol. The minimum absolute atomic E-state index is 0.00899. The second-order valence-corrected chi connectivity index (χ2v) is 5.92.